The van der Waals surface area contributed by atoms with Crippen LogP contribution in [0.4, 0.5) is 0 Å². The molecule has 0 unspecified atom stereocenters. The Kier molecular flexibility index (Phi) is 8.00. The molecule has 5 heteroatoms. The largest absolute Gasteiger partial charge is 0.314 e. The van der Waals surface area contributed by atoms with Gasteiger partial charge in [-0.15, -0.1) is 24.8 Å². The molecular weight excluding hydrogens is 371 g/mol. The molecule has 1 aliphatic carbocycles. The number of halogens is 3. The second-order valence-corrected chi connectivity index (χ2v) is 6.86. The number of nitrogens with one attached hydrogen (secondary N) is 1. The van der Waals surface area contributed by atoms with E-state index >= 15 is 0 Å². The van der Waals surface area contributed by atoms with Crippen molar-refractivity contribution < 1.29 is 0 Å². The van der Waals surface area contributed by atoms with Crippen LogP contribution in [0.2, 0.25) is 0 Å². The van der Waals surface area contributed by atoms with Crippen molar-refractivity contribution in [2.45, 2.75) is 32.2 Å². The maximum Gasteiger partial charge on any atom is 0.0363 e. The van der Waals surface area contributed by atoms with Gasteiger partial charge in [0.15, 0.2) is 0 Å². The fourth-order valence-electron chi connectivity index (χ4n) is 3.04. The van der Waals surface area contributed by atoms with Crippen molar-refractivity contribution in [3.63, 3.8) is 0 Å². The first-order valence-corrected chi connectivity index (χ1v) is 8.24. The normalized spacial score (nSPS) is 20.3. The molecule has 0 radical (unpaired) electrons. The van der Waals surface area contributed by atoms with Gasteiger partial charge in [0.25, 0.3) is 0 Å². The van der Waals surface area contributed by atoms with Crippen LogP contribution < -0.4 is 5.32 Å². The van der Waals surface area contributed by atoms with Crippen molar-refractivity contribution in [1.82, 2.24) is 10.2 Å². The summed E-state index contributed by atoms with van der Waals surface area (Å²) >= 11 is 3.78. The lowest BCUT2D eigenvalue weighted by Crippen LogP contribution is -2.45. The highest BCUT2D eigenvalue weighted by atomic mass is 79.9. The molecule has 1 saturated heterocycles. The smallest absolute Gasteiger partial charge is 0.0363 e. The molecule has 1 aromatic rings. The van der Waals surface area contributed by atoms with Crippen molar-refractivity contribution in [3.8, 4) is 0 Å². The summed E-state index contributed by atoms with van der Waals surface area (Å²) in [7, 11) is 0. The van der Waals surface area contributed by atoms with Crippen LogP contribution in [-0.2, 0) is 0 Å². The third-order valence-corrected chi connectivity index (χ3v) is 5.05. The average molecular weight is 396 g/mol. The molecule has 1 atom stereocenters. The second kappa shape index (κ2) is 8.73. The second-order valence-electron chi connectivity index (χ2n) is 6.01. The Labute approximate surface area is 149 Å². The number of rotatable bonds is 4. The Hall–Kier alpha value is 0.200. The van der Waals surface area contributed by atoms with Crippen molar-refractivity contribution in [1.29, 1.82) is 0 Å². The summed E-state index contributed by atoms with van der Waals surface area (Å²) in [6.45, 7) is 6.78. The van der Waals surface area contributed by atoms with Crippen LogP contribution in [-0.4, -0.2) is 31.1 Å². The van der Waals surface area contributed by atoms with E-state index < -0.39 is 0 Å². The van der Waals surface area contributed by atoms with Crippen LogP contribution in [0, 0.1) is 12.8 Å². The highest BCUT2D eigenvalue weighted by molar-refractivity contribution is 9.10. The first-order valence-electron chi connectivity index (χ1n) is 7.45. The molecule has 120 valence electrons. The van der Waals surface area contributed by atoms with Gasteiger partial charge in [-0.2, -0.15) is 0 Å². The van der Waals surface area contributed by atoms with Crippen LogP contribution in [0.25, 0.3) is 0 Å². The standard InChI is InChI=1S/C16H23BrN2.2ClH/c1-12-2-5-14(15(17)10-12)16(11-13-3-4-13)19-8-6-18-7-9-19;;/h2,5,10,13,16,18H,3-4,6-9,11H2,1H3;2*1H/t16-;;/m1../s1. The Morgan fingerprint density at radius 3 is 2.48 bits per heavy atom. The third-order valence-electron chi connectivity index (χ3n) is 4.36. The third kappa shape index (κ3) is 5.11. The van der Waals surface area contributed by atoms with Crippen molar-refractivity contribution >= 4 is 40.7 Å². The summed E-state index contributed by atoms with van der Waals surface area (Å²) < 4.78 is 1.29. The molecule has 2 fully saturated rings. The number of nitrogens with zero attached hydrogens (tertiary/aromatic N) is 1. The molecule has 1 N–H and O–H groups in total. The summed E-state index contributed by atoms with van der Waals surface area (Å²) in [5.74, 6) is 0.966. The Balaban J connectivity index is 0.00000110. The van der Waals surface area contributed by atoms with Gasteiger partial charge >= 0.3 is 0 Å². The van der Waals surface area contributed by atoms with Crippen LogP contribution >= 0.6 is 40.7 Å². The Morgan fingerprint density at radius 2 is 1.90 bits per heavy atom. The minimum Gasteiger partial charge on any atom is -0.314 e. The molecule has 2 nitrogen and oxygen atoms in total. The van der Waals surface area contributed by atoms with E-state index in [1.54, 1.807) is 0 Å². The Bertz CT molecular complexity index is 446. The van der Waals surface area contributed by atoms with E-state index in [0.717, 1.165) is 19.0 Å². The zero-order valence-corrected chi connectivity index (χ0v) is 15.7. The van der Waals surface area contributed by atoms with Gasteiger partial charge in [-0.05, 0) is 36.5 Å². The maximum absolute atomic E-state index is 3.78. The van der Waals surface area contributed by atoms with E-state index in [0.29, 0.717) is 6.04 Å². The minimum absolute atomic E-state index is 0. The van der Waals surface area contributed by atoms with Crippen molar-refractivity contribution in [2.24, 2.45) is 5.92 Å². The van der Waals surface area contributed by atoms with E-state index in [-0.39, 0.29) is 24.8 Å². The summed E-state index contributed by atoms with van der Waals surface area (Å²) in [6, 6.07) is 7.44. The average Bonchev–Trinajstić information content (AvgIpc) is 3.22. The first-order chi connectivity index (χ1) is 9.24. The highest BCUT2D eigenvalue weighted by Gasteiger charge is 2.31. The van der Waals surface area contributed by atoms with Gasteiger partial charge in [-0.1, -0.05) is 40.9 Å². The SMILES string of the molecule is Cc1ccc([C@@H](CC2CC2)N2CCNCC2)c(Br)c1.Cl.Cl. The molecule has 0 bridgehead atoms. The maximum atomic E-state index is 3.78. The number of benzene rings is 1. The molecular formula is C16H25BrCl2N2. The zero-order chi connectivity index (χ0) is 13.2. The van der Waals surface area contributed by atoms with Gasteiger partial charge < -0.3 is 5.32 Å². The van der Waals surface area contributed by atoms with E-state index in [1.807, 2.05) is 0 Å². The molecule has 1 saturated carbocycles. The topological polar surface area (TPSA) is 15.3 Å². The van der Waals surface area contributed by atoms with Gasteiger partial charge in [0.05, 0.1) is 0 Å². The summed E-state index contributed by atoms with van der Waals surface area (Å²) in [5.41, 5.74) is 2.82. The fourth-order valence-corrected chi connectivity index (χ4v) is 3.80. The number of piperazine rings is 1. The minimum atomic E-state index is 0. The van der Waals surface area contributed by atoms with Crippen molar-refractivity contribution in [2.75, 3.05) is 26.2 Å². The highest BCUT2D eigenvalue weighted by Crippen LogP contribution is 2.41. The van der Waals surface area contributed by atoms with Gasteiger partial charge in [-0.3, -0.25) is 4.90 Å². The monoisotopic (exact) mass is 394 g/mol. The lowest BCUT2D eigenvalue weighted by molar-refractivity contribution is 0.160. The van der Waals surface area contributed by atoms with Gasteiger partial charge in [0, 0.05) is 36.7 Å². The fraction of sp³-hybridized carbons (Fsp3) is 0.625. The molecule has 1 aliphatic heterocycles. The van der Waals surface area contributed by atoms with Crippen LogP contribution in [0.1, 0.15) is 36.4 Å². The molecule has 0 amide bonds. The van der Waals surface area contributed by atoms with Gasteiger partial charge in [0.2, 0.25) is 0 Å². The summed E-state index contributed by atoms with van der Waals surface area (Å²) in [6.07, 6.45) is 4.21. The van der Waals surface area contributed by atoms with E-state index in [9.17, 15) is 0 Å². The van der Waals surface area contributed by atoms with Crippen molar-refractivity contribution in [3.05, 3.63) is 33.8 Å². The van der Waals surface area contributed by atoms with Crippen LogP contribution in [0.5, 0.6) is 0 Å². The molecule has 0 aromatic heterocycles. The number of aryl methyl sites for hydroxylation is 1. The summed E-state index contributed by atoms with van der Waals surface area (Å²) in [4.78, 5) is 2.67. The number of hydrogen-bond donors (Lipinski definition) is 1. The number of hydrogen-bond acceptors (Lipinski definition) is 2. The lowest BCUT2D eigenvalue weighted by Gasteiger charge is -2.36. The lowest BCUT2D eigenvalue weighted by atomic mass is 9.98. The van der Waals surface area contributed by atoms with E-state index in [2.05, 4.69) is 51.3 Å². The molecule has 1 heterocycles. The van der Waals surface area contributed by atoms with Crippen LogP contribution in [0.15, 0.2) is 22.7 Å². The predicted molar refractivity (Wildman–Crippen MR) is 97.9 cm³/mol. The quantitative estimate of drug-likeness (QED) is 0.815. The van der Waals surface area contributed by atoms with E-state index in [4.69, 9.17) is 0 Å². The van der Waals surface area contributed by atoms with Gasteiger partial charge in [-0.25, -0.2) is 0 Å². The van der Waals surface area contributed by atoms with Gasteiger partial charge in [0.1, 0.15) is 0 Å². The first kappa shape index (κ1) is 19.2. The Morgan fingerprint density at radius 1 is 1.24 bits per heavy atom. The zero-order valence-electron chi connectivity index (χ0n) is 12.5. The molecule has 1 aromatic carbocycles. The van der Waals surface area contributed by atoms with E-state index in [1.165, 1.54) is 48.0 Å². The molecule has 21 heavy (non-hydrogen) atoms. The molecule has 3 rings (SSSR count). The summed E-state index contributed by atoms with van der Waals surface area (Å²) in [5, 5.41) is 3.46. The van der Waals surface area contributed by atoms with Crippen LogP contribution in [0.3, 0.4) is 0 Å². The molecule has 2 aliphatic rings. The molecule has 0 spiro atoms. The predicted octanol–water partition coefficient (Wildman–Crippen LogP) is 4.35.